The fraction of sp³-hybridized carbons (Fsp3) is 0.188. The molecule has 0 atom stereocenters. The Kier molecular flexibility index (Phi) is 5.11. The minimum absolute atomic E-state index is 0.0987. The Morgan fingerprint density at radius 1 is 1.24 bits per heavy atom. The average Bonchev–Trinajstić information content (AvgIpc) is 2.50. The number of amides is 1. The fourth-order valence-electron chi connectivity index (χ4n) is 1.92. The van der Waals surface area contributed by atoms with Crippen molar-refractivity contribution < 1.29 is 4.79 Å². The molecular weight excluding hydrogens is 282 g/mol. The predicted molar refractivity (Wildman–Crippen MR) is 90.4 cm³/mol. The Bertz CT molecular complexity index is 643. The number of nitrogens with one attached hydrogen (secondary N) is 2. The van der Waals surface area contributed by atoms with Gasteiger partial charge in [0.2, 0.25) is 0 Å². The molecule has 2 rings (SSSR count). The van der Waals surface area contributed by atoms with Crippen LogP contribution in [0.5, 0.6) is 0 Å². The number of benzene rings is 2. The number of nitrogens with two attached hydrogens (primary N) is 1. The maximum absolute atomic E-state index is 11.9. The van der Waals surface area contributed by atoms with E-state index in [4.69, 9.17) is 5.73 Å². The zero-order chi connectivity index (χ0) is 15.2. The number of thioether (sulfide) groups is 1. The van der Waals surface area contributed by atoms with Crippen LogP contribution in [0, 0.1) is 0 Å². The van der Waals surface area contributed by atoms with Crippen molar-refractivity contribution in [2.24, 2.45) is 0 Å². The van der Waals surface area contributed by atoms with Gasteiger partial charge in [-0.25, -0.2) is 0 Å². The van der Waals surface area contributed by atoms with Gasteiger partial charge in [0.05, 0.1) is 11.4 Å². The lowest BCUT2D eigenvalue weighted by atomic mass is 10.1. The fourth-order valence-corrected chi connectivity index (χ4v) is 2.38. The summed E-state index contributed by atoms with van der Waals surface area (Å²) >= 11 is 1.68. The van der Waals surface area contributed by atoms with E-state index in [1.165, 1.54) is 4.90 Å². The van der Waals surface area contributed by atoms with Gasteiger partial charge in [0, 0.05) is 22.7 Å². The third kappa shape index (κ3) is 3.92. The van der Waals surface area contributed by atoms with E-state index in [1.54, 1.807) is 30.0 Å². The van der Waals surface area contributed by atoms with Gasteiger partial charge < -0.3 is 16.4 Å². The monoisotopic (exact) mass is 301 g/mol. The summed E-state index contributed by atoms with van der Waals surface area (Å²) in [5, 5.41) is 6.05. The van der Waals surface area contributed by atoms with Crippen LogP contribution in [0.25, 0.3) is 0 Å². The number of anilines is 3. The lowest BCUT2D eigenvalue weighted by Gasteiger charge is -2.12. The van der Waals surface area contributed by atoms with Gasteiger partial charge in [-0.15, -0.1) is 11.8 Å². The molecule has 4 nitrogen and oxygen atoms in total. The highest BCUT2D eigenvalue weighted by molar-refractivity contribution is 7.98. The maximum atomic E-state index is 11.9. The number of rotatable bonds is 5. The Morgan fingerprint density at radius 2 is 2.05 bits per heavy atom. The summed E-state index contributed by atoms with van der Waals surface area (Å²) in [6.45, 7) is 2.49. The molecule has 0 fully saturated rings. The normalized spacial score (nSPS) is 10.2. The van der Waals surface area contributed by atoms with Crippen molar-refractivity contribution in [1.29, 1.82) is 0 Å². The van der Waals surface area contributed by atoms with E-state index in [-0.39, 0.29) is 5.91 Å². The molecule has 0 radical (unpaired) electrons. The standard InChI is InChI=1S/C16H19N3OS/c1-3-18-16(20)11-7-8-14(17)15(9-11)19-12-5-4-6-13(10-12)21-2/h4-10,19H,3,17H2,1-2H3,(H,18,20). The molecule has 2 aromatic rings. The molecule has 1 amide bonds. The Labute approximate surface area is 129 Å². The summed E-state index contributed by atoms with van der Waals surface area (Å²) in [5.74, 6) is -0.0987. The molecule has 0 unspecified atom stereocenters. The molecule has 0 aliphatic rings. The van der Waals surface area contributed by atoms with Gasteiger partial charge in [-0.2, -0.15) is 0 Å². The molecule has 0 saturated carbocycles. The van der Waals surface area contributed by atoms with E-state index in [0.29, 0.717) is 17.8 Å². The van der Waals surface area contributed by atoms with Crippen molar-refractivity contribution >= 4 is 34.7 Å². The summed E-state index contributed by atoms with van der Waals surface area (Å²) in [6, 6.07) is 13.3. The van der Waals surface area contributed by atoms with E-state index < -0.39 is 0 Å². The van der Waals surface area contributed by atoms with Gasteiger partial charge >= 0.3 is 0 Å². The molecule has 0 aromatic heterocycles. The summed E-state index contributed by atoms with van der Waals surface area (Å²) in [5.41, 5.74) is 8.86. The van der Waals surface area contributed by atoms with Crippen molar-refractivity contribution in [3.8, 4) is 0 Å². The minimum Gasteiger partial charge on any atom is -0.397 e. The van der Waals surface area contributed by atoms with Crippen LogP contribution in [0.2, 0.25) is 0 Å². The van der Waals surface area contributed by atoms with E-state index in [0.717, 1.165) is 11.4 Å². The second-order valence-electron chi connectivity index (χ2n) is 4.52. The summed E-state index contributed by atoms with van der Waals surface area (Å²) in [4.78, 5) is 13.0. The third-order valence-corrected chi connectivity index (χ3v) is 3.73. The maximum Gasteiger partial charge on any atom is 0.251 e. The molecule has 4 N–H and O–H groups in total. The highest BCUT2D eigenvalue weighted by Gasteiger charge is 2.08. The number of carbonyl (C=O) groups excluding carboxylic acids is 1. The first-order valence-electron chi connectivity index (χ1n) is 6.73. The molecular formula is C16H19N3OS. The summed E-state index contributed by atoms with van der Waals surface area (Å²) in [6.07, 6.45) is 2.03. The van der Waals surface area contributed by atoms with E-state index in [1.807, 2.05) is 37.4 Å². The van der Waals surface area contributed by atoms with Gasteiger partial charge in [-0.05, 0) is 49.6 Å². The Hall–Kier alpha value is -2.14. The first-order chi connectivity index (χ1) is 10.1. The van der Waals surface area contributed by atoms with E-state index in [9.17, 15) is 4.79 Å². The lowest BCUT2D eigenvalue weighted by Crippen LogP contribution is -2.22. The van der Waals surface area contributed by atoms with Gasteiger partial charge in [0.15, 0.2) is 0 Å². The topological polar surface area (TPSA) is 67.2 Å². The quantitative estimate of drug-likeness (QED) is 0.584. The number of hydrogen-bond donors (Lipinski definition) is 3. The van der Waals surface area contributed by atoms with E-state index >= 15 is 0 Å². The molecule has 0 spiro atoms. The Balaban J connectivity index is 2.26. The van der Waals surface area contributed by atoms with Crippen LogP contribution in [0.15, 0.2) is 47.4 Å². The van der Waals surface area contributed by atoms with Crippen LogP contribution < -0.4 is 16.4 Å². The highest BCUT2D eigenvalue weighted by atomic mass is 32.2. The molecule has 2 aromatic carbocycles. The lowest BCUT2D eigenvalue weighted by molar-refractivity contribution is 0.0956. The van der Waals surface area contributed by atoms with Gasteiger partial charge in [-0.3, -0.25) is 4.79 Å². The third-order valence-electron chi connectivity index (χ3n) is 3.00. The van der Waals surface area contributed by atoms with Crippen LogP contribution in [0.4, 0.5) is 17.1 Å². The molecule has 0 aliphatic carbocycles. The minimum atomic E-state index is -0.0987. The van der Waals surface area contributed by atoms with E-state index in [2.05, 4.69) is 10.6 Å². The van der Waals surface area contributed by atoms with Gasteiger partial charge in [0.1, 0.15) is 0 Å². The second kappa shape index (κ2) is 7.04. The molecule has 21 heavy (non-hydrogen) atoms. The first-order valence-corrected chi connectivity index (χ1v) is 7.95. The van der Waals surface area contributed by atoms with Gasteiger partial charge in [0.25, 0.3) is 5.91 Å². The number of hydrogen-bond acceptors (Lipinski definition) is 4. The van der Waals surface area contributed by atoms with Crippen LogP contribution >= 0.6 is 11.8 Å². The number of nitrogen functional groups attached to an aromatic ring is 1. The van der Waals surface area contributed by atoms with Crippen molar-refractivity contribution in [1.82, 2.24) is 5.32 Å². The molecule has 0 saturated heterocycles. The van der Waals surface area contributed by atoms with Crippen LogP contribution in [-0.2, 0) is 0 Å². The zero-order valence-electron chi connectivity index (χ0n) is 12.1. The van der Waals surface area contributed by atoms with Crippen LogP contribution in [0.1, 0.15) is 17.3 Å². The zero-order valence-corrected chi connectivity index (χ0v) is 13.0. The highest BCUT2D eigenvalue weighted by Crippen LogP contribution is 2.26. The van der Waals surface area contributed by atoms with Crippen LogP contribution in [0.3, 0.4) is 0 Å². The molecule has 0 heterocycles. The first kappa shape index (κ1) is 15.3. The number of carbonyl (C=O) groups is 1. The van der Waals surface area contributed by atoms with Crippen molar-refractivity contribution in [3.05, 3.63) is 48.0 Å². The molecule has 5 heteroatoms. The Morgan fingerprint density at radius 3 is 2.76 bits per heavy atom. The largest absolute Gasteiger partial charge is 0.397 e. The summed E-state index contributed by atoms with van der Waals surface area (Å²) < 4.78 is 0. The molecule has 0 bridgehead atoms. The smallest absolute Gasteiger partial charge is 0.251 e. The second-order valence-corrected chi connectivity index (χ2v) is 5.40. The molecule has 110 valence electrons. The van der Waals surface area contributed by atoms with Crippen molar-refractivity contribution in [2.45, 2.75) is 11.8 Å². The van der Waals surface area contributed by atoms with Gasteiger partial charge in [-0.1, -0.05) is 6.07 Å². The average molecular weight is 301 g/mol. The predicted octanol–water partition coefficient (Wildman–Crippen LogP) is 3.48. The summed E-state index contributed by atoms with van der Waals surface area (Å²) in [7, 11) is 0. The van der Waals surface area contributed by atoms with Crippen molar-refractivity contribution in [3.63, 3.8) is 0 Å². The SMILES string of the molecule is CCNC(=O)c1ccc(N)c(Nc2cccc(SC)c2)c1. The molecule has 0 aliphatic heterocycles. The van der Waals surface area contributed by atoms with Crippen molar-refractivity contribution in [2.75, 3.05) is 23.9 Å². The van der Waals surface area contributed by atoms with Crippen LogP contribution in [-0.4, -0.2) is 18.7 Å².